The topological polar surface area (TPSA) is 59.1 Å². The molecular formula is C14H10Cl2N2O2S. The first-order chi connectivity index (χ1) is 10.0. The minimum absolute atomic E-state index is 0.00278. The van der Waals surface area contributed by atoms with Gasteiger partial charge in [-0.2, -0.15) is 12.6 Å². The molecule has 0 aliphatic heterocycles. The zero-order valence-electron chi connectivity index (χ0n) is 10.6. The molecule has 0 radical (unpaired) electrons. The maximum Gasteiger partial charge on any atom is 0.234 e. The summed E-state index contributed by atoms with van der Waals surface area (Å²) in [4.78, 5) is 27.9. The number of thiol groups is 1. The molecule has 1 aromatic heterocycles. The summed E-state index contributed by atoms with van der Waals surface area (Å²) < 4.78 is 0. The van der Waals surface area contributed by atoms with Crippen molar-refractivity contribution >= 4 is 53.2 Å². The van der Waals surface area contributed by atoms with Gasteiger partial charge in [-0.25, -0.2) is 4.98 Å². The lowest BCUT2D eigenvalue weighted by Crippen LogP contribution is -2.17. The lowest BCUT2D eigenvalue weighted by molar-refractivity contribution is -0.113. The lowest BCUT2D eigenvalue weighted by atomic mass is 10.1. The maximum absolute atomic E-state index is 12.5. The van der Waals surface area contributed by atoms with Crippen LogP contribution in [0, 0.1) is 0 Å². The molecular weight excluding hydrogens is 331 g/mol. The molecule has 0 saturated heterocycles. The van der Waals surface area contributed by atoms with Gasteiger partial charge in [-0.15, -0.1) is 0 Å². The Kier molecular flexibility index (Phi) is 5.22. The Balaban J connectivity index is 2.41. The molecule has 1 heterocycles. The molecule has 7 heteroatoms. The summed E-state index contributed by atoms with van der Waals surface area (Å²) in [5.41, 5.74) is 0.758. The number of anilines is 1. The maximum atomic E-state index is 12.5. The summed E-state index contributed by atoms with van der Waals surface area (Å²) in [6, 6.07) is 9.39. The fourth-order valence-corrected chi connectivity index (χ4v) is 1.99. The van der Waals surface area contributed by atoms with Crippen molar-refractivity contribution in [2.45, 2.75) is 0 Å². The van der Waals surface area contributed by atoms with Gasteiger partial charge < -0.3 is 5.32 Å². The molecule has 4 nitrogen and oxygen atoms in total. The smallest absolute Gasteiger partial charge is 0.234 e. The van der Waals surface area contributed by atoms with Crippen molar-refractivity contribution in [1.82, 2.24) is 4.98 Å². The zero-order valence-corrected chi connectivity index (χ0v) is 13.0. The van der Waals surface area contributed by atoms with Gasteiger partial charge in [0.25, 0.3) is 0 Å². The Morgan fingerprint density at radius 2 is 1.76 bits per heavy atom. The quantitative estimate of drug-likeness (QED) is 0.508. The standard InChI is InChI=1S/C14H10Cl2N2O2S/c15-9-3-1-8(2-4-9)14(20)13-10(17-12(19)7-21)5-6-11(16)18-13/h1-6,21H,7H2,(H,17,19). The van der Waals surface area contributed by atoms with Gasteiger partial charge in [0, 0.05) is 10.6 Å². The third kappa shape index (κ3) is 3.97. The SMILES string of the molecule is O=C(CS)Nc1ccc(Cl)nc1C(=O)c1ccc(Cl)cc1. The van der Waals surface area contributed by atoms with E-state index < -0.39 is 0 Å². The van der Waals surface area contributed by atoms with Gasteiger partial charge in [0.1, 0.15) is 10.8 Å². The van der Waals surface area contributed by atoms with Crippen LogP contribution in [-0.2, 0) is 4.79 Å². The minimum Gasteiger partial charge on any atom is -0.323 e. The highest BCUT2D eigenvalue weighted by Gasteiger charge is 2.17. The van der Waals surface area contributed by atoms with Crippen molar-refractivity contribution in [3.63, 3.8) is 0 Å². The number of ketones is 1. The van der Waals surface area contributed by atoms with Crippen LogP contribution in [0.1, 0.15) is 16.1 Å². The number of carbonyl (C=O) groups is 2. The Hall–Kier alpha value is -1.56. The van der Waals surface area contributed by atoms with Crippen LogP contribution in [0.2, 0.25) is 10.2 Å². The van der Waals surface area contributed by atoms with E-state index in [4.69, 9.17) is 23.2 Å². The van der Waals surface area contributed by atoms with Gasteiger partial charge in [0.15, 0.2) is 0 Å². The Bertz CT molecular complexity index is 690. The van der Waals surface area contributed by atoms with Crippen LogP contribution in [0.3, 0.4) is 0 Å². The first-order valence-electron chi connectivity index (χ1n) is 5.89. The first kappa shape index (κ1) is 15.8. The molecule has 0 aliphatic rings. The first-order valence-corrected chi connectivity index (χ1v) is 7.27. The monoisotopic (exact) mass is 340 g/mol. The van der Waals surface area contributed by atoms with Crippen LogP contribution in [0.25, 0.3) is 0 Å². The van der Waals surface area contributed by atoms with Crippen molar-refractivity contribution in [3.05, 3.63) is 57.8 Å². The minimum atomic E-state index is -0.358. The van der Waals surface area contributed by atoms with Gasteiger partial charge in [0.2, 0.25) is 11.7 Å². The fourth-order valence-electron chi connectivity index (χ4n) is 1.64. The van der Waals surface area contributed by atoms with E-state index in [0.717, 1.165) is 0 Å². The van der Waals surface area contributed by atoms with Crippen LogP contribution in [0.15, 0.2) is 36.4 Å². The van der Waals surface area contributed by atoms with Crippen LogP contribution in [0.4, 0.5) is 5.69 Å². The van der Waals surface area contributed by atoms with Gasteiger partial charge in [-0.1, -0.05) is 23.2 Å². The molecule has 0 atom stereocenters. The molecule has 0 spiro atoms. The molecule has 2 aromatic rings. The Morgan fingerprint density at radius 1 is 1.10 bits per heavy atom. The zero-order chi connectivity index (χ0) is 15.4. The second-order valence-corrected chi connectivity index (χ2v) is 5.21. The fraction of sp³-hybridized carbons (Fsp3) is 0.0714. The highest BCUT2D eigenvalue weighted by atomic mass is 35.5. The summed E-state index contributed by atoms with van der Waals surface area (Å²) in [7, 11) is 0. The van der Waals surface area contributed by atoms with E-state index in [2.05, 4.69) is 22.9 Å². The summed E-state index contributed by atoms with van der Waals surface area (Å²) in [6.07, 6.45) is 0. The van der Waals surface area contributed by atoms with E-state index in [-0.39, 0.29) is 28.3 Å². The predicted molar refractivity (Wildman–Crippen MR) is 86.6 cm³/mol. The number of halogens is 2. The van der Waals surface area contributed by atoms with E-state index >= 15 is 0 Å². The molecule has 1 amide bonds. The van der Waals surface area contributed by atoms with Gasteiger partial charge in [-0.3, -0.25) is 9.59 Å². The van der Waals surface area contributed by atoms with Crippen molar-refractivity contribution in [3.8, 4) is 0 Å². The van der Waals surface area contributed by atoms with Crippen molar-refractivity contribution in [1.29, 1.82) is 0 Å². The third-order valence-corrected chi connectivity index (χ3v) is 3.35. The number of aromatic nitrogens is 1. The van der Waals surface area contributed by atoms with E-state index in [1.807, 2.05) is 0 Å². The molecule has 21 heavy (non-hydrogen) atoms. The summed E-state index contributed by atoms with van der Waals surface area (Å²) in [6.45, 7) is 0. The molecule has 1 aromatic carbocycles. The molecule has 0 unspecified atom stereocenters. The van der Waals surface area contributed by atoms with Crippen LogP contribution >= 0.6 is 35.8 Å². The highest BCUT2D eigenvalue weighted by molar-refractivity contribution is 7.81. The summed E-state index contributed by atoms with van der Waals surface area (Å²) in [5.74, 6) is -0.701. The highest BCUT2D eigenvalue weighted by Crippen LogP contribution is 2.21. The van der Waals surface area contributed by atoms with Crippen LogP contribution < -0.4 is 5.32 Å². The molecule has 0 saturated carbocycles. The number of nitrogens with one attached hydrogen (secondary N) is 1. The molecule has 108 valence electrons. The van der Waals surface area contributed by atoms with Gasteiger partial charge >= 0.3 is 0 Å². The van der Waals surface area contributed by atoms with Gasteiger partial charge in [-0.05, 0) is 36.4 Å². The summed E-state index contributed by atoms with van der Waals surface area (Å²) in [5, 5.41) is 3.25. The number of pyridine rings is 1. The average molecular weight is 341 g/mol. The van der Waals surface area contributed by atoms with Crippen LogP contribution in [0.5, 0.6) is 0 Å². The third-order valence-electron chi connectivity index (χ3n) is 2.60. The van der Waals surface area contributed by atoms with E-state index in [9.17, 15) is 9.59 Å². The predicted octanol–water partition coefficient (Wildman–Crippen LogP) is 3.49. The normalized spacial score (nSPS) is 10.2. The molecule has 2 rings (SSSR count). The number of hydrogen-bond acceptors (Lipinski definition) is 4. The number of benzene rings is 1. The Morgan fingerprint density at radius 3 is 2.38 bits per heavy atom. The van der Waals surface area contributed by atoms with Crippen molar-refractivity contribution in [2.75, 3.05) is 11.1 Å². The summed E-state index contributed by atoms with van der Waals surface area (Å²) >= 11 is 15.5. The lowest BCUT2D eigenvalue weighted by Gasteiger charge is -2.09. The number of nitrogens with zero attached hydrogens (tertiary/aromatic N) is 1. The number of carbonyl (C=O) groups excluding carboxylic acids is 2. The largest absolute Gasteiger partial charge is 0.323 e. The average Bonchev–Trinajstić information content (AvgIpc) is 2.49. The number of amides is 1. The van der Waals surface area contributed by atoms with E-state index in [0.29, 0.717) is 16.3 Å². The second kappa shape index (κ2) is 6.93. The number of rotatable bonds is 4. The van der Waals surface area contributed by atoms with E-state index in [1.165, 1.54) is 12.1 Å². The second-order valence-electron chi connectivity index (χ2n) is 4.07. The number of hydrogen-bond donors (Lipinski definition) is 2. The molecule has 0 bridgehead atoms. The molecule has 0 fully saturated rings. The Labute approximate surface area is 136 Å². The van der Waals surface area contributed by atoms with Gasteiger partial charge in [0.05, 0.1) is 11.4 Å². The van der Waals surface area contributed by atoms with Crippen molar-refractivity contribution in [2.24, 2.45) is 0 Å². The van der Waals surface area contributed by atoms with E-state index in [1.54, 1.807) is 24.3 Å². The van der Waals surface area contributed by atoms with Crippen LogP contribution in [-0.4, -0.2) is 22.4 Å². The molecule has 0 aliphatic carbocycles. The molecule has 1 N–H and O–H groups in total. The van der Waals surface area contributed by atoms with Crippen molar-refractivity contribution < 1.29 is 9.59 Å².